The van der Waals surface area contributed by atoms with Gasteiger partial charge in [0, 0.05) is 6.04 Å². The third kappa shape index (κ3) is 3.71. The Labute approximate surface area is 132 Å². The van der Waals surface area contributed by atoms with Crippen molar-refractivity contribution in [1.82, 2.24) is 4.72 Å². The molecule has 1 aromatic carbocycles. The summed E-state index contributed by atoms with van der Waals surface area (Å²) in [4.78, 5) is 0.218. The molecule has 21 heavy (non-hydrogen) atoms. The second kappa shape index (κ2) is 6.15. The highest BCUT2D eigenvalue weighted by atomic mass is 35.5. The van der Waals surface area contributed by atoms with E-state index in [0.717, 1.165) is 19.3 Å². The fourth-order valence-electron chi connectivity index (χ4n) is 2.90. The second-order valence-corrected chi connectivity index (χ2v) is 8.31. The van der Waals surface area contributed by atoms with Gasteiger partial charge >= 0.3 is 0 Å². The highest BCUT2D eigenvalue weighted by molar-refractivity contribution is 7.89. The molecule has 0 amide bonds. The molecule has 1 aromatic rings. The first kappa shape index (κ1) is 16.6. The highest BCUT2D eigenvalue weighted by Gasteiger charge is 2.29. The van der Waals surface area contributed by atoms with Crippen LogP contribution in [0.2, 0.25) is 5.02 Å². The summed E-state index contributed by atoms with van der Waals surface area (Å²) in [6, 6.07) is 3.03. The lowest BCUT2D eigenvalue weighted by Crippen LogP contribution is -2.40. The molecule has 3 N–H and O–H groups in total. The highest BCUT2D eigenvalue weighted by Crippen LogP contribution is 2.31. The molecule has 0 spiro atoms. The Morgan fingerprint density at radius 3 is 2.52 bits per heavy atom. The number of benzene rings is 1. The third-order valence-electron chi connectivity index (χ3n) is 4.50. The molecule has 0 saturated heterocycles. The number of aryl methyl sites for hydroxylation is 1. The van der Waals surface area contributed by atoms with Crippen LogP contribution >= 0.6 is 11.6 Å². The number of nitrogens with two attached hydrogens (primary N) is 1. The van der Waals surface area contributed by atoms with Crippen LogP contribution < -0.4 is 10.5 Å². The summed E-state index contributed by atoms with van der Waals surface area (Å²) >= 11 is 5.92. The van der Waals surface area contributed by atoms with Gasteiger partial charge in [-0.1, -0.05) is 25.4 Å². The van der Waals surface area contributed by atoms with Gasteiger partial charge in [-0.05, 0) is 55.7 Å². The number of sulfonamides is 1. The zero-order chi connectivity index (χ0) is 15.8. The largest absolute Gasteiger partial charge is 0.397 e. The van der Waals surface area contributed by atoms with Crippen molar-refractivity contribution in [2.45, 2.75) is 51.0 Å². The van der Waals surface area contributed by atoms with Crippen molar-refractivity contribution in [3.63, 3.8) is 0 Å². The van der Waals surface area contributed by atoms with Crippen LogP contribution in [0.15, 0.2) is 17.0 Å². The molecule has 3 unspecified atom stereocenters. The van der Waals surface area contributed by atoms with Gasteiger partial charge in [-0.2, -0.15) is 0 Å². The maximum absolute atomic E-state index is 12.6. The zero-order valence-corrected chi connectivity index (χ0v) is 14.3. The normalized spacial score (nSPS) is 26.8. The number of halogens is 1. The van der Waals surface area contributed by atoms with E-state index in [1.54, 1.807) is 13.0 Å². The summed E-state index contributed by atoms with van der Waals surface area (Å²) in [5, 5.41) is 0.381. The smallest absolute Gasteiger partial charge is 0.241 e. The first-order valence-electron chi connectivity index (χ1n) is 7.28. The third-order valence-corrected chi connectivity index (χ3v) is 6.49. The van der Waals surface area contributed by atoms with Crippen LogP contribution in [0.25, 0.3) is 0 Å². The molecule has 0 heterocycles. The fourth-order valence-corrected chi connectivity index (χ4v) is 4.66. The molecule has 0 aliphatic heterocycles. The molecule has 1 aliphatic carbocycles. The summed E-state index contributed by atoms with van der Waals surface area (Å²) in [5.74, 6) is 1.18. The summed E-state index contributed by atoms with van der Waals surface area (Å²) < 4.78 is 27.9. The number of nitrogens with one attached hydrogen (secondary N) is 1. The Bertz CT molecular complexity index is 631. The second-order valence-electron chi connectivity index (χ2n) is 6.23. The maximum Gasteiger partial charge on any atom is 0.241 e. The van der Waals surface area contributed by atoms with Gasteiger partial charge in [0.1, 0.15) is 0 Å². The molecular weight excluding hydrogens is 308 g/mol. The predicted octanol–water partition coefficient (Wildman–Crippen LogP) is 3.33. The summed E-state index contributed by atoms with van der Waals surface area (Å²) in [6.07, 6.45) is 2.81. The Kier molecular flexibility index (Phi) is 4.85. The van der Waals surface area contributed by atoms with Crippen LogP contribution in [0.4, 0.5) is 5.69 Å². The molecule has 0 radical (unpaired) electrons. The quantitative estimate of drug-likeness (QED) is 0.835. The topological polar surface area (TPSA) is 72.2 Å². The van der Waals surface area contributed by atoms with Crippen molar-refractivity contribution in [1.29, 1.82) is 0 Å². The van der Waals surface area contributed by atoms with Crippen LogP contribution in [0.1, 0.15) is 38.7 Å². The van der Waals surface area contributed by atoms with Gasteiger partial charge in [0.15, 0.2) is 0 Å². The predicted molar refractivity (Wildman–Crippen MR) is 86.9 cm³/mol. The van der Waals surface area contributed by atoms with E-state index in [9.17, 15) is 8.42 Å². The first-order valence-corrected chi connectivity index (χ1v) is 9.14. The lowest BCUT2D eigenvalue weighted by Gasteiger charge is -2.32. The van der Waals surface area contributed by atoms with Gasteiger partial charge in [-0.3, -0.25) is 0 Å². The van der Waals surface area contributed by atoms with Crippen LogP contribution in [0.5, 0.6) is 0 Å². The average Bonchev–Trinajstić information content (AvgIpc) is 2.37. The van der Waals surface area contributed by atoms with Crippen molar-refractivity contribution in [3.05, 3.63) is 22.7 Å². The molecule has 3 atom stereocenters. The van der Waals surface area contributed by atoms with Gasteiger partial charge < -0.3 is 5.73 Å². The van der Waals surface area contributed by atoms with Gasteiger partial charge in [-0.25, -0.2) is 13.1 Å². The minimum absolute atomic E-state index is 0.00231. The number of hydrogen-bond donors (Lipinski definition) is 2. The van der Waals surface area contributed by atoms with E-state index in [1.165, 1.54) is 6.07 Å². The van der Waals surface area contributed by atoms with Gasteiger partial charge in [0.2, 0.25) is 10.0 Å². The fraction of sp³-hybridized carbons (Fsp3) is 0.600. The SMILES string of the molecule is Cc1cc(Cl)c(N)cc1S(=O)(=O)NC1CCC(C)C(C)C1. The van der Waals surface area contributed by atoms with Gasteiger partial charge in [0.05, 0.1) is 15.6 Å². The van der Waals surface area contributed by atoms with E-state index in [1.807, 2.05) is 0 Å². The van der Waals surface area contributed by atoms with Gasteiger partial charge in [-0.15, -0.1) is 0 Å². The number of nitrogen functional groups attached to an aromatic ring is 1. The van der Waals surface area contributed by atoms with Crippen molar-refractivity contribution in [3.8, 4) is 0 Å². The average molecular weight is 331 g/mol. The Balaban J connectivity index is 2.21. The van der Waals surface area contributed by atoms with E-state index in [-0.39, 0.29) is 16.6 Å². The number of hydrogen-bond acceptors (Lipinski definition) is 3. The molecule has 6 heteroatoms. The number of rotatable bonds is 3. The summed E-state index contributed by atoms with van der Waals surface area (Å²) in [5.41, 5.74) is 6.63. The Hall–Kier alpha value is -0.780. The standard InChI is InChI=1S/C15H23ClN2O2S/c1-9-4-5-12(6-10(9)2)18-21(19,20)15-8-14(17)13(16)7-11(15)3/h7-10,12,18H,4-6,17H2,1-3H3. The lowest BCUT2D eigenvalue weighted by atomic mass is 9.79. The monoisotopic (exact) mass is 330 g/mol. The Morgan fingerprint density at radius 2 is 1.90 bits per heavy atom. The summed E-state index contributed by atoms with van der Waals surface area (Å²) in [6.45, 7) is 6.13. The zero-order valence-electron chi connectivity index (χ0n) is 12.7. The van der Waals surface area contributed by atoms with E-state index in [2.05, 4.69) is 18.6 Å². The van der Waals surface area contributed by atoms with Crippen LogP contribution in [-0.4, -0.2) is 14.5 Å². The van der Waals surface area contributed by atoms with Crippen molar-refractivity contribution >= 4 is 27.3 Å². The van der Waals surface area contributed by atoms with E-state index in [4.69, 9.17) is 17.3 Å². The molecule has 0 bridgehead atoms. The van der Waals surface area contributed by atoms with Crippen molar-refractivity contribution in [2.24, 2.45) is 11.8 Å². The summed E-state index contributed by atoms with van der Waals surface area (Å²) in [7, 11) is -3.56. The van der Waals surface area contributed by atoms with Crippen molar-refractivity contribution in [2.75, 3.05) is 5.73 Å². The van der Waals surface area contributed by atoms with Crippen LogP contribution in [-0.2, 0) is 10.0 Å². The van der Waals surface area contributed by atoms with Crippen molar-refractivity contribution < 1.29 is 8.42 Å². The first-order chi connectivity index (χ1) is 9.70. The molecule has 1 saturated carbocycles. The van der Waals surface area contributed by atoms with Crippen LogP contribution in [0.3, 0.4) is 0 Å². The molecule has 0 aromatic heterocycles. The minimum Gasteiger partial charge on any atom is -0.397 e. The van der Waals surface area contributed by atoms with E-state index < -0.39 is 10.0 Å². The molecule has 1 fully saturated rings. The van der Waals surface area contributed by atoms with E-state index >= 15 is 0 Å². The lowest BCUT2D eigenvalue weighted by molar-refractivity contribution is 0.242. The molecular formula is C15H23ClN2O2S. The van der Waals surface area contributed by atoms with Crippen LogP contribution in [0, 0.1) is 18.8 Å². The molecule has 1 aliphatic rings. The van der Waals surface area contributed by atoms with E-state index in [0.29, 0.717) is 22.4 Å². The van der Waals surface area contributed by atoms with Gasteiger partial charge in [0.25, 0.3) is 0 Å². The molecule has 4 nitrogen and oxygen atoms in total. The minimum atomic E-state index is -3.56. The molecule has 2 rings (SSSR count). The number of anilines is 1. The molecule has 118 valence electrons. The Morgan fingerprint density at radius 1 is 1.24 bits per heavy atom. The maximum atomic E-state index is 12.6.